The van der Waals surface area contributed by atoms with E-state index in [2.05, 4.69) is 39.2 Å². The topological polar surface area (TPSA) is 24.9 Å². The van der Waals surface area contributed by atoms with Gasteiger partial charge in [-0.1, -0.05) is 39.0 Å². The van der Waals surface area contributed by atoms with Crippen LogP contribution in [-0.2, 0) is 6.42 Å². The number of hydrogen-bond acceptors (Lipinski definition) is 2. The van der Waals surface area contributed by atoms with Crippen molar-refractivity contribution in [2.75, 3.05) is 6.54 Å². The summed E-state index contributed by atoms with van der Waals surface area (Å²) in [6.45, 7) is 3.28. The summed E-state index contributed by atoms with van der Waals surface area (Å²) in [5, 5.41) is 3.73. The summed E-state index contributed by atoms with van der Waals surface area (Å²) in [6, 6.07) is 2.81. The van der Waals surface area contributed by atoms with Crippen LogP contribution in [0, 0.1) is 5.92 Å². The van der Waals surface area contributed by atoms with Crippen LogP contribution in [0.4, 0.5) is 0 Å². The predicted octanol–water partition coefficient (Wildman–Crippen LogP) is 4.73. The molecule has 1 aliphatic carbocycles. The van der Waals surface area contributed by atoms with E-state index in [0.29, 0.717) is 6.04 Å². The Morgan fingerprint density at radius 2 is 1.90 bits per heavy atom. The monoisotopic (exact) mass is 338 g/mol. The van der Waals surface area contributed by atoms with Crippen LogP contribution in [-0.4, -0.2) is 17.6 Å². The maximum atomic E-state index is 4.30. The summed E-state index contributed by atoms with van der Waals surface area (Å²) in [5.41, 5.74) is 1.34. The molecular formula is C17H27BrN2. The van der Waals surface area contributed by atoms with Crippen LogP contribution >= 0.6 is 15.9 Å². The SMILES string of the molecule is CCNC(Cc1cncc(Br)c1)C1CCCCCCC1. The first kappa shape index (κ1) is 16.0. The molecule has 0 radical (unpaired) electrons. The molecule has 0 saturated heterocycles. The second-order valence-electron chi connectivity index (χ2n) is 5.98. The van der Waals surface area contributed by atoms with Crippen LogP contribution in [0.15, 0.2) is 22.9 Å². The number of likely N-dealkylation sites (N-methyl/N-ethyl adjacent to an activating group) is 1. The van der Waals surface area contributed by atoms with E-state index < -0.39 is 0 Å². The lowest BCUT2D eigenvalue weighted by Crippen LogP contribution is -2.38. The first-order valence-corrected chi connectivity index (χ1v) is 8.91. The molecule has 2 rings (SSSR count). The molecule has 0 aliphatic heterocycles. The molecule has 1 aliphatic rings. The van der Waals surface area contributed by atoms with E-state index >= 15 is 0 Å². The highest BCUT2D eigenvalue weighted by Gasteiger charge is 2.21. The Bertz CT molecular complexity index is 386. The Morgan fingerprint density at radius 1 is 1.20 bits per heavy atom. The van der Waals surface area contributed by atoms with Crippen LogP contribution in [0.3, 0.4) is 0 Å². The van der Waals surface area contributed by atoms with E-state index in [-0.39, 0.29) is 0 Å². The molecule has 1 aromatic rings. The molecule has 0 amide bonds. The Hall–Kier alpha value is -0.410. The quantitative estimate of drug-likeness (QED) is 0.839. The standard InChI is InChI=1S/C17H27BrN2/c1-2-20-17(11-14-10-16(18)13-19-12-14)15-8-6-4-3-5-7-9-15/h10,12-13,15,17,20H,2-9,11H2,1H3. The summed E-state index contributed by atoms with van der Waals surface area (Å²) >= 11 is 3.53. The van der Waals surface area contributed by atoms with Crippen LogP contribution in [0.1, 0.15) is 57.4 Å². The van der Waals surface area contributed by atoms with E-state index in [1.54, 1.807) is 0 Å². The second kappa shape index (κ2) is 8.78. The molecule has 1 fully saturated rings. The summed E-state index contributed by atoms with van der Waals surface area (Å²) in [6.07, 6.45) is 14.9. The maximum absolute atomic E-state index is 4.30. The van der Waals surface area contributed by atoms with Gasteiger partial charge in [0.25, 0.3) is 0 Å². The third-order valence-electron chi connectivity index (χ3n) is 4.40. The van der Waals surface area contributed by atoms with Gasteiger partial charge in [-0.2, -0.15) is 0 Å². The van der Waals surface area contributed by atoms with Gasteiger partial charge in [0.1, 0.15) is 0 Å². The van der Waals surface area contributed by atoms with Crippen molar-refractivity contribution in [2.45, 2.75) is 64.3 Å². The third-order valence-corrected chi connectivity index (χ3v) is 4.84. The highest BCUT2D eigenvalue weighted by atomic mass is 79.9. The fourth-order valence-corrected chi connectivity index (χ4v) is 3.79. The van der Waals surface area contributed by atoms with E-state index in [1.807, 2.05) is 12.4 Å². The molecule has 2 nitrogen and oxygen atoms in total. The molecule has 1 aromatic heterocycles. The van der Waals surface area contributed by atoms with Gasteiger partial charge in [0, 0.05) is 22.9 Å². The Balaban J connectivity index is 2.00. The average molecular weight is 339 g/mol. The smallest absolute Gasteiger partial charge is 0.0410 e. The van der Waals surface area contributed by atoms with Gasteiger partial charge < -0.3 is 5.32 Å². The second-order valence-corrected chi connectivity index (χ2v) is 6.90. The van der Waals surface area contributed by atoms with Crippen LogP contribution in [0.2, 0.25) is 0 Å². The number of nitrogens with zero attached hydrogens (tertiary/aromatic N) is 1. The molecule has 1 unspecified atom stereocenters. The summed E-state index contributed by atoms with van der Waals surface area (Å²) in [7, 11) is 0. The number of aromatic nitrogens is 1. The highest BCUT2D eigenvalue weighted by Crippen LogP contribution is 2.27. The van der Waals surface area contributed by atoms with Crippen LogP contribution in [0.25, 0.3) is 0 Å². The molecule has 1 heterocycles. The molecule has 0 spiro atoms. The number of rotatable bonds is 5. The molecule has 1 saturated carbocycles. The van der Waals surface area contributed by atoms with E-state index in [9.17, 15) is 0 Å². The normalized spacial score (nSPS) is 19.3. The largest absolute Gasteiger partial charge is 0.314 e. The lowest BCUT2D eigenvalue weighted by Gasteiger charge is -2.29. The van der Waals surface area contributed by atoms with Crippen LogP contribution in [0.5, 0.6) is 0 Å². The molecule has 1 atom stereocenters. The molecule has 0 bridgehead atoms. The van der Waals surface area contributed by atoms with E-state index in [1.165, 1.54) is 50.5 Å². The third kappa shape index (κ3) is 5.17. The van der Waals surface area contributed by atoms with Crippen molar-refractivity contribution in [3.8, 4) is 0 Å². The molecule has 0 aromatic carbocycles. The minimum absolute atomic E-state index is 0.606. The van der Waals surface area contributed by atoms with Crippen molar-refractivity contribution in [1.82, 2.24) is 10.3 Å². The zero-order chi connectivity index (χ0) is 14.2. The van der Waals surface area contributed by atoms with Gasteiger partial charge in [-0.15, -0.1) is 0 Å². The van der Waals surface area contributed by atoms with E-state index in [4.69, 9.17) is 0 Å². The van der Waals surface area contributed by atoms with Crippen molar-refractivity contribution < 1.29 is 0 Å². The summed E-state index contributed by atoms with van der Waals surface area (Å²) < 4.78 is 1.09. The first-order valence-electron chi connectivity index (χ1n) is 8.12. The fourth-order valence-electron chi connectivity index (χ4n) is 3.38. The first-order chi connectivity index (χ1) is 9.79. The summed E-state index contributed by atoms with van der Waals surface area (Å²) in [5.74, 6) is 0.828. The van der Waals surface area contributed by atoms with Gasteiger partial charge in [0.05, 0.1) is 0 Å². The maximum Gasteiger partial charge on any atom is 0.0410 e. The van der Waals surface area contributed by atoms with Crippen LogP contribution < -0.4 is 5.32 Å². The number of halogens is 1. The Kier molecular flexibility index (Phi) is 7.01. The minimum atomic E-state index is 0.606. The molecule has 112 valence electrons. The predicted molar refractivity (Wildman–Crippen MR) is 88.9 cm³/mol. The van der Waals surface area contributed by atoms with Crippen molar-refractivity contribution in [1.29, 1.82) is 0 Å². The van der Waals surface area contributed by atoms with Gasteiger partial charge in [-0.25, -0.2) is 0 Å². The average Bonchev–Trinajstić information content (AvgIpc) is 2.38. The van der Waals surface area contributed by atoms with Crippen molar-refractivity contribution in [3.63, 3.8) is 0 Å². The molecule has 1 N–H and O–H groups in total. The van der Waals surface area contributed by atoms with Gasteiger partial charge in [0.2, 0.25) is 0 Å². The lowest BCUT2D eigenvalue weighted by molar-refractivity contribution is 0.286. The van der Waals surface area contributed by atoms with Crippen molar-refractivity contribution >= 4 is 15.9 Å². The zero-order valence-electron chi connectivity index (χ0n) is 12.6. The highest BCUT2D eigenvalue weighted by molar-refractivity contribution is 9.10. The molecule has 20 heavy (non-hydrogen) atoms. The van der Waals surface area contributed by atoms with Gasteiger partial charge >= 0.3 is 0 Å². The van der Waals surface area contributed by atoms with Crippen molar-refractivity contribution in [2.24, 2.45) is 5.92 Å². The number of nitrogens with one attached hydrogen (secondary N) is 1. The number of hydrogen-bond donors (Lipinski definition) is 1. The summed E-state index contributed by atoms with van der Waals surface area (Å²) in [4.78, 5) is 4.30. The van der Waals surface area contributed by atoms with Crippen molar-refractivity contribution in [3.05, 3.63) is 28.5 Å². The Morgan fingerprint density at radius 3 is 2.55 bits per heavy atom. The molecule has 3 heteroatoms. The number of pyridine rings is 1. The van der Waals surface area contributed by atoms with E-state index in [0.717, 1.165) is 23.4 Å². The zero-order valence-corrected chi connectivity index (χ0v) is 14.2. The lowest BCUT2D eigenvalue weighted by atomic mass is 9.83. The molecular weight excluding hydrogens is 312 g/mol. The van der Waals surface area contributed by atoms with Gasteiger partial charge in [-0.3, -0.25) is 4.98 Å². The van der Waals surface area contributed by atoms with Gasteiger partial charge in [0.15, 0.2) is 0 Å². The minimum Gasteiger partial charge on any atom is -0.314 e. The van der Waals surface area contributed by atoms with Gasteiger partial charge in [-0.05, 0) is 59.3 Å². The Labute approximate surface area is 131 Å². The fraction of sp³-hybridized carbons (Fsp3) is 0.706.